The molecular formula is C17H26N4O. The summed E-state index contributed by atoms with van der Waals surface area (Å²) in [5.41, 5.74) is 1.35. The molecule has 5 heteroatoms. The number of nitrogens with zero attached hydrogens (tertiary/aromatic N) is 2. The van der Waals surface area contributed by atoms with E-state index in [1.54, 1.807) is 0 Å². The van der Waals surface area contributed by atoms with Gasteiger partial charge in [-0.1, -0.05) is 0 Å². The van der Waals surface area contributed by atoms with Crippen molar-refractivity contribution in [3.05, 3.63) is 30.1 Å². The molecule has 0 aliphatic carbocycles. The Bertz CT molecular complexity index is 465. The summed E-state index contributed by atoms with van der Waals surface area (Å²) in [6, 6.07) is 4.57. The molecule has 0 saturated carbocycles. The Morgan fingerprint density at radius 3 is 2.73 bits per heavy atom. The molecule has 0 spiro atoms. The zero-order valence-corrected chi connectivity index (χ0v) is 13.1. The summed E-state index contributed by atoms with van der Waals surface area (Å²) in [6.07, 6.45) is 9.01. The average Bonchev–Trinajstić information content (AvgIpc) is 3.10. The molecule has 5 nitrogen and oxygen atoms in total. The van der Waals surface area contributed by atoms with Crippen molar-refractivity contribution in [2.75, 3.05) is 26.2 Å². The molecule has 120 valence electrons. The molecule has 3 heterocycles. The zero-order chi connectivity index (χ0) is 15.2. The SMILES string of the molecule is O=C(NC1CCN(CCc2ccncc2)CC1)C1CCCN1. The van der Waals surface area contributed by atoms with Crippen molar-refractivity contribution in [1.29, 1.82) is 0 Å². The minimum absolute atomic E-state index is 0.0460. The number of likely N-dealkylation sites (tertiary alicyclic amines) is 1. The number of piperidine rings is 1. The van der Waals surface area contributed by atoms with E-state index in [4.69, 9.17) is 0 Å². The van der Waals surface area contributed by atoms with Gasteiger partial charge in [-0.05, 0) is 56.3 Å². The number of aromatic nitrogens is 1. The van der Waals surface area contributed by atoms with Gasteiger partial charge in [0.15, 0.2) is 0 Å². The Morgan fingerprint density at radius 1 is 1.27 bits per heavy atom. The second-order valence-corrected chi connectivity index (χ2v) is 6.38. The Labute approximate surface area is 132 Å². The molecule has 1 aromatic heterocycles. The van der Waals surface area contributed by atoms with Gasteiger partial charge in [0, 0.05) is 38.1 Å². The van der Waals surface area contributed by atoms with Crippen LogP contribution in [0.4, 0.5) is 0 Å². The molecule has 2 fully saturated rings. The molecular weight excluding hydrogens is 276 g/mol. The zero-order valence-electron chi connectivity index (χ0n) is 13.1. The predicted molar refractivity (Wildman–Crippen MR) is 86.6 cm³/mol. The van der Waals surface area contributed by atoms with Crippen molar-refractivity contribution >= 4 is 5.91 Å². The highest BCUT2D eigenvalue weighted by Gasteiger charge is 2.26. The molecule has 2 aliphatic rings. The van der Waals surface area contributed by atoms with Crippen LogP contribution in [0.1, 0.15) is 31.2 Å². The highest BCUT2D eigenvalue weighted by Crippen LogP contribution is 2.13. The second-order valence-electron chi connectivity index (χ2n) is 6.38. The fourth-order valence-electron chi connectivity index (χ4n) is 3.35. The van der Waals surface area contributed by atoms with Crippen LogP contribution < -0.4 is 10.6 Å². The molecule has 2 N–H and O–H groups in total. The number of pyridine rings is 1. The number of hydrogen-bond acceptors (Lipinski definition) is 4. The molecule has 0 radical (unpaired) electrons. The van der Waals surface area contributed by atoms with Crippen molar-refractivity contribution < 1.29 is 4.79 Å². The number of amides is 1. The first-order valence-electron chi connectivity index (χ1n) is 8.46. The standard InChI is InChI=1S/C17H26N4O/c22-17(16-2-1-8-19-16)20-15-6-12-21(13-7-15)11-5-14-3-9-18-10-4-14/h3-4,9-10,15-16,19H,1-2,5-8,11-13H2,(H,20,22). The number of hydrogen-bond donors (Lipinski definition) is 2. The first-order valence-corrected chi connectivity index (χ1v) is 8.46. The minimum atomic E-state index is 0.0460. The van der Waals surface area contributed by atoms with Crippen molar-refractivity contribution in [2.45, 2.75) is 44.2 Å². The Hall–Kier alpha value is -1.46. The molecule has 2 aliphatic heterocycles. The lowest BCUT2D eigenvalue weighted by atomic mass is 10.0. The van der Waals surface area contributed by atoms with Crippen LogP contribution in [-0.4, -0.2) is 54.1 Å². The lowest BCUT2D eigenvalue weighted by Gasteiger charge is -2.32. The van der Waals surface area contributed by atoms with Crippen LogP contribution in [0.25, 0.3) is 0 Å². The molecule has 1 amide bonds. The summed E-state index contributed by atoms with van der Waals surface area (Å²) >= 11 is 0. The lowest BCUT2D eigenvalue weighted by Crippen LogP contribution is -2.49. The maximum Gasteiger partial charge on any atom is 0.237 e. The predicted octanol–water partition coefficient (Wildman–Crippen LogP) is 0.957. The molecule has 3 rings (SSSR count). The third-order valence-electron chi connectivity index (χ3n) is 4.78. The molecule has 22 heavy (non-hydrogen) atoms. The summed E-state index contributed by atoms with van der Waals surface area (Å²) in [7, 11) is 0. The Morgan fingerprint density at radius 2 is 2.05 bits per heavy atom. The topological polar surface area (TPSA) is 57.3 Å². The summed E-state index contributed by atoms with van der Waals surface area (Å²) in [5.74, 6) is 0.202. The van der Waals surface area contributed by atoms with Gasteiger partial charge in [0.05, 0.1) is 6.04 Å². The van der Waals surface area contributed by atoms with Gasteiger partial charge in [-0.2, -0.15) is 0 Å². The molecule has 1 aromatic rings. The van der Waals surface area contributed by atoms with E-state index in [2.05, 4.69) is 32.7 Å². The normalized spacial score (nSPS) is 23.5. The van der Waals surface area contributed by atoms with Crippen LogP contribution in [-0.2, 0) is 11.2 Å². The maximum atomic E-state index is 12.1. The fourth-order valence-corrected chi connectivity index (χ4v) is 3.35. The summed E-state index contributed by atoms with van der Waals surface area (Å²) in [6.45, 7) is 4.22. The van der Waals surface area contributed by atoms with Crippen molar-refractivity contribution in [3.63, 3.8) is 0 Å². The van der Waals surface area contributed by atoms with E-state index in [0.717, 1.165) is 58.3 Å². The van der Waals surface area contributed by atoms with E-state index in [0.29, 0.717) is 6.04 Å². The van der Waals surface area contributed by atoms with E-state index in [-0.39, 0.29) is 11.9 Å². The molecule has 0 bridgehead atoms. The summed E-state index contributed by atoms with van der Waals surface area (Å²) < 4.78 is 0. The summed E-state index contributed by atoms with van der Waals surface area (Å²) in [4.78, 5) is 18.7. The Kier molecular flexibility index (Phi) is 5.40. The van der Waals surface area contributed by atoms with E-state index in [1.807, 2.05) is 12.4 Å². The number of carbonyl (C=O) groups excluding carboxylic acids is 1. The largest absolute Gasteiger partial charge is 0.352 e. The van der Waals surface area contributed by atoms with Crippen LogP contribution >= 0.6 is 0 Å². The van der Waals surface area contributed by atoms with E-state index in [9.17, 15) is 4.79 Å². The molecule has 1 unspecified atom stereocenters. The third-order valence-corrected chi connectivity index (χ3v) is 4.78. The van der Waals surface area contributed by atoms with Crippen LogP contribution in [0.5, 0.6) is 0 Å². The Balaban J connectivity index is 1.36. The van der Waals surface area contributed by atoms with E-state index < -0.39 is 0 Å². The second kappa shape index (κ2) is 7.70. The average molecular weight is 302 g/mol. The third kappa shape index (κ3) is 4.27. The molecule has 0 aromatic carbocycles. The van der Waals surface area contributed by atoms with Gasteiger partial charge in [0.25, 0.3) is 0 Å². The van der Waals surface area contributed by atoms with Crippen molar-refractivity contribution in [1.82, 2.24) is 20.5 Å². The number of nitrogens with one attached hydrogen (secondary N) is 2. The van der Waals surface area contributed by atoms with Gasteiger partial charge >= 0.3 is 0 Å². The van der Waals surface area contributed by atoms with Crippen LogP contribution in [0.15, 0.2) is 24.5 Å². The van der Waals surface area contributed by atoms with Crippen molar-refractivity contribution in [2.24, 2.45) is 0 Å². The van der Waals surface area contributed by atoms with Crippen LogP contribution in [0.3, 0.4) is 0 Å². The van der Waals surface area contributed by atoms with Gasteiger partial charge in [-0.15, -0.1) is 0 Å². The number of carbonyl (C=O) groups is 1. The number of rotatable bonds is 5. The monoisotopic (exact) mass is 302 g/mol. The van der Waals surface area contributed by atoms with Crippen LogP contribution in [0.2, 0.25) is 0 Å². The first kappa shape index (κ1) is 15.4. The van der Waals surface area contributed by atoms with E-state index in [1.165, 1.54) is 5.56 Å². The minimum Gasteiger partial charge on any atom is -0.352 e. The maximum absolute atomic E-state index is 12.1. The lowest BCUT2D eigenvalue weighted by molar-refractivity contribution is -0.123. The van der Waals surface area contributed by atoms with E-state index >= 15 is 0 Å². The quantitative estimate of drug-likeness (QED) is 0.850. The molecule has 2 saturated heterocycles. The van der Waals surface area contributed by atoms with Gasteiger partial charge in [0.1, 0.15) is 0 Å². The highest BCUT2D eigenvalue weighted by atomic mass is 16.2. The van der Waals surface area contributed by atoms with Crippen LogP contribution in [0, 0.1) is 0 Å². The van der Waals surface area contributed by atoms with Gasteiger partial charge in [-0.25, -0.2) is 0 Å². The first-order chi connectivity index (χ1) is 10.8. The fraction of sp³-hybridized carbons (Fsp3) is 0.647. The van der Waals surface area contributed by atoms with Gasteiger partial charge in [-0.3, -0.25) is 9.78 Å². The van der Waals surface area contributed by atoms with Crippen molar-refractivity contribution in [3.8, 4) is 0 Å². The molecule has 1 atom stereocenters. The smallest absolute Gasteiger partial charge is 0.237 e. The van der Waals surface area contributed by atoms with Gasteiger partial charge < -0.3 is 15.5 Å². The van der Waals surface area contributed by atoms with Gasteiger partial charge in [0.2, 0.25) is 5.91 Å². The highest BCUT2D eigenvalue weighted by molar-refractivity contribution is 5.82. The summed E-state index contributed by atoms with van der Waals surface area (Å²) in [5, 5.41) is 6.48.